The SMILES string of the molecule is CC(C)(C)C[C@]1(c2ccc(-c3cnn(C(F)F)c3)cc2)N=C(N)N([C@H](COC(=O)CC2(C)CC2)c2ccc(Cl)c(-n3cnc(C4CC4)n3)c2)C1=O. The number of carbonyl (C=O) groups is 2. The number of alkyl halides is 2. The summed E-state index contributed by atoms with van der Waals surface area (Å²) in [7, 11) is 0. The van der Waals surface area contributed by atoms with Crippen LogP contribution >= 0.6 is 11.6 Å². The number of ether oxygens (including phenoxy) is 1. The van der Waals surface area contributed by atoms with E-state index in [1.807, 2.05) is 26.8 Å². The first kappa shape index (κ1) is 34.8. The van der Waals surface area contributed by atoms with Crippen LogP contribution in [0.15, 0.2) is 66.2 Å². The summed E-state index contributed by atoms with van der Waals surface area (Å²) in [5.41, 5.74) is 7.76. The highest BCUT2D eigenvalue weighted by Crippen LogP contribution is 2.49. The van der Waals surface area contributed by atoms with Crippen LogP contribution in [0.1, 0.15) is 102 Å². The summed E-state index contributed by atoms with van der Waals surface area (Å²) in [5, 5.41) is 8.83. The molecule has 2 aromatic carbocycles. The van der Waals surface area contributed by atoms with E-state index in [1.54, 1.807) is 47.4 Å². The molecule has 2 aliphatic carbocycles. The van der Waals surface area contributed by atoms with Crippen molar-refractivity contribution in [3.63, 3.8) is 0 Å². The van der Waals surface area contributed by atoms with Crippen molar-refractivity contribution < 1.29 is 23.1 Å². The van der Waals surface area contributed by atoms with Gasteiger partial charge in [0, 0.05) is 17.7 Å². The third-order valence-corrected chi connectivity index (χ3v) is 10.2. The molecule has 0 saturated heterocycles. The smallest absolute Gasteiger partial charge is 0.333 e. The second kappa shape index (κ2) is 12.8. The first-order valence-corrected chi connectivity index (χ1v) is 17.5. The predicted octanol–water partition coefficient (Wildman–Crippen LogP) is 7.32. The fraction of sp³-hybridized carbons (Fsp3) is 0.459. The molecule has 11 nitrogen and oxygen atoms in total. The number of guanidine groups is 1. The molecule has 4 aromatic rings. The Morgan fingerprint density at radius 2 is 1.84 bits per heavy atom. The minimum Gasteiger partial charge on any atom is -0.463 e. The summed E-state index contributed by atoms with van der Waals surface area (Å²) >= 11 is 6.69. The van der Waals surface area contributed by atoms with Gasteiger partial charge in [0.15, 0.2) is 17.3 Å². The Bertz CT molecular complexity index is 1990. The number of hydrogen-bond acceptors (Lipinski definition) is 8. The fourth-order valence-corrected chi connectivity index (χ4v) is 6.93. The van der Waals surface area contributed by atoms with Crippen LogP contribution in [0.3, 0.4) is 0 Å². The number of nitrogens with zero attached hydrogens (tertiary/aromatic N) is 7. The van der Waals surface area contributed by atoms with E-state index < -0.39 is 18.1 Å². The number of rotatable bonds is 12. The van der Waals surface area contributed by atoms with Crippen LogP contribution in [0.25, 0.3) is 16.8 Å². The molecular formula is C37H41ClF2N8O3. The van der Waals surface area contributed by atoms with E-state index in [4.69, 9.17) is 27.1 Å². The molecular weight excluding hydrogens is 678 g/mol. The van der Waals surface area contributed by atoms with Crippen LogP contribution < -0.4 is 5.73 Å². The molecule has 0 spiro atoms. The third-order valence-electron chi connectivity index (χ3n) is 9.85. The molecule has 1 aliphatic heterocycles. The zero-order valence-corrected chi connectivity index (χ0v) is 29.8. The molecule has 14 heteroatoms. The van der Waals surface area contributed by atoms with Crippen molar-refractivity contribution in [2.45, 2.75) is 90.3 Å². The molecule has 51 heavy (non-hydrogen) atoms. The van der Waals surface area contributed by atoms with Crippen molar-refractivity contribution in [1.29, 1.82) is 0 Å². The van der Waals surface area contributed by atoms with Crippen LogP contribution in [0.2, 0.25) is 5.02 Å². The summed E-state index contributed by atoms with van der Waals surface area (Å²) < 4.78 is 34.5. The maximum absolute atomic E-state index is 15.0. The molecule has 268 valence electrons. The summed E-state index contributed by atoms with van der Waals surface area (Å²) in [5.74, 6) is 0.342. The van der Waals surface area contributed by atoms with Gasteiger partial charge in [-0.25, -0.2) is 19.3 Å². The van der Waals surface area contributed by atoms with E-state index in [9.17, 15) is 18.4 Å². The molecule has 2 atom stereocenters. The number of carbonyl (C=O) groups excluding carboxylic acids is 2. The molecule has 2 aromatic heterocycles. The zero-order valence-electron chi connectivity index (χ0n) is 29.0. The zero-order chi connectivity index (χ0) is 36.3. The van der Waals surface area contributed by atoms with E-state index in [1.165, 1.54) is 17.3 Å². The molecule has 1 amide bonds. The fourth-order valence-electron chi connectivity index (χ4n) is 6.72. The Hall–Kier alpha value is -4.65. The van der Waals surface area contributed by atoms with Crippen molar-refractivity contribution in [3.8, 4) is 16.8 Å². The van der Waals surface area contributed by atoms with Crippen molar-refractivity contribution in [1.82, 2.24) is 29.4 Å². The van der Waals surface area contributed by atoms with Gasteiger partial charge in [-0.05, 0) is 71.8 Å². The number of amides is 1. The molecule has 3 aliphatic rings. The number of hydrogen-bond donors (Lipinski definition) is 1. The van der Waals surface area contributed by atoms with Crippen molar-refractivity contribution in [2.75, 3.05) is 6.61 Å². The second-order valence-corrected chi connectivity index (χ2v) is 15.9. The quantitative estimate of drug-likeness (QED) is 0.152. The maximum Gasteiger partial charge on any atom is 0.333 e. The van der Waals surface area contributed by atoms with E-state index in [2.05, 4.69) is 22.1 Å². The van der Waals surface area contributed by atoms with Gasteiger partial charge in [-0.3, -0.25) is 14.5 Å². The minimum atomic E-state index is -2.76. The predicted molar refractivity (Wildman–Crippen MR) is 187 cm³/mol. The van der Waals surface area contributed by atoms with Crippen molar-refractivity contribution in [3.05, 3.63) is 83.2 Å². The van der Waals surface area contributed by atoms with E-state index in [0.29, 0.717) is 50.0 Å². The van der Waals surface area contributed by atoms with Gasteiger partial charge in [-0.1, -0.05) is 69.6 Å². The van der Waals surface area contributed by atoms with E-state index in [0.717, 1.165) is 31.5 Å². The Morgan fingerprint density at radius 3 is 2.47 bits per heavy atom. The number of aromatic nitrogens is 5. The summed E-state index contributed by atoms with van der Waals surface area (Å²) in [6.07, 6.45) is 8.85. The lowest BCUT2D eigenvalue weighted by atomic mass is 9.75. The van der Waals surface area contributed by atoms with Gasteiger partial charge in [0.05, 0.1) is 29.4 Å². The molecule has 2 N–H and O–H groups in total. The summed E-state index contributed by atoms with van der Waals surface area (Å²) in [6.45, 7) is 5.17. The monoisotopic (exact) mass is 718 g/mol. The Kier molecular flexibility index (Phi) is 8.76. The molecule has 0 bridgehead atoms. The van der Waals surface area contributed by atoms with Gasteiger partial charge in [-0.15, -0.1) is 0 Å². The highest BCUT2D eigenvalue weighted by Gasteiger charge is 2.53. The summed E-state index contributed by atoms with van der Waals surface area (Å²) in [4.78, 5) is 38.9. The van der Waals surface area contributed by atoms with Gasteiger partial charge in [0.25, 0.3) is 5.91 Å². The Labute approximate surface area is 299 Å². The lowest BCUT2D eigenvalue weighted by molar-refractivity contribution is -0.148. The standard InChI is InChI=1S/C37H41ClF2N8O3/c1-35(2,3)20-37(26-10-7-22(8-11-26)25-17-43-46(18-25)33(39)40)32(50)48(34(41)44-37)29(19-51-30(49)16-36(4)13-14-36)24-9-12-27(38)28(15-24)47-21-42-31(45-47)23-5-6-23/h7-12,15,17-18,21,23,29,33H,5-6,13-14,16,19-20H2,1-4H3,(H2,41,44)/t29-,37-/m1/s1. The lowest BCUT2D eigenvalue weighted by Crippen LogP contribution is -2.47. The second-order valence-electron chi connectivity index (χ2n) is 15.5. The van der Waals surface area contributed by atoms with Gasteiger partial charge >= 0.3 is 12.5 Å². The van der Waals surface area contributed by atoms with E-state index >= 15 is 0 Å². The third kappa shape index (κ3) is 7.13. The number of aliphatic imine (C=N–C) groups is 1. The van der Waals surface area contributed by atoms with Gasteiger partial charge in [-0.2, -0.15) is 19.0 Å². The van der Waals surface area contributed by atoms with Crippen molar-refractivity contribution in [2.24, 2.45) is 21.6 Å². The Balaban J connectivity index is 1.25. The normalized spacial score (nSPS) is 20.5. The van der Waals surface area contributed by atoms with Crippen LogP contribution in [0, 0.1) is 10.8 Å². The largest absolute Gasteiger partial charge is 0.463 e. The van der Waals surface area contributed by atoms with Crippen LogP contribution in [-0.4, -0.2) is 53.9 Å². The number of halogens is 3. The minimum absolute atomic E-state index is 0.0185. The molecule has 2 saturated carbocycles. The molecule has 7 rings (SSSR count). The highest BCUT2D eigenvalue weighted by atomic mass is 35.5. The lowest BCUT2D eigenvalue weighted by Gasteiger charge is -2.35. The molecule has 0 radical (unpaired) electrons. The van der Waals surface area contributed by atoms with Crippen LogP contribution in [-0.2, 0) is 19.9 Å². The average molecular weight is 719 g/mol. The maximum atomic E-state index is 15.0. The van der Waals surface area contributed by atoms with Gasteiger partial charge in [0.1, 0.15) is 12.9 Å². The van der Waals surface area contributed by atoms with Gasteiger partial charge in [0.2, 0.25) is 0 Å². The van der Waals surface area contributed by atoms with E-state index in [-0.39, 0.29) is 41.7 Å². The first-order chi connectivity index (χ1) is 24.1. The first-order valence-electron chi connectivity index (χ1n) is 17.1. The van der Waals surface area contributed by atoms with Gasteiger partial charge < -0.3 is 10.5 Å². The van der Waals surface area contributed by atoms with Crippen molar-refractivity contribution >= 4 is 29.4 Å². The average Bonchev–Trinajstić information content (AvgIpc) is 3.89. The number of esters is 1. The molecule has 2 fully saturated rings. The highest BCUT2D eigenvalue weighted by molar-refractivity contribution is 6.32. The van der Waals surface area contributed by atoms with Crippen LogP contribution in [0.4, 0.5) is 8.78 Å². The summed E-state index contributed by atoms with van der Waals surface area (Å²) in [6, 6.07) is 11.5. The number of benzene rings is 2. The van der Waals surface area contributed by atoms with Crippen LogP contribution in [0.5, 0.6) is 0 Å². The Morgan fingerprint density at radius 1 is 1.12 bits per heavy atom. The number of nitrogens with two attached hydrogens (primary N) is 1. The molecule has 0 unspecified atom stereocenters. The topological polar surface area (TPSA) is 134 Å². The molecule has 3 heterocycles.